The molecule has 0 aliphatic rings. The van der Waals surface area contributed by atoms with Crippen molar-refractivity contribution in [3.63, 3.8) is 0 Å². The van der Waals surface area contributed by atoms with Crippen molar-refractivity contribution in [2.75, 3.05) is 0 Å². The second-order valence-corrected chi connectivity index (χ2v) is 8.45. The molecule has 2 N–H and O–H groups in total. The molecule has 2 aromatic carbocycles. The van der Waals surface area contributed by atoms with Crippen LogP contribution in [0.4, 0.5) is 0 Å². The molecule has 180 valence electrons. The first-order chi connectivity index (χ1) is 16.8. The fourth-order valence-electron chi connectivity index (χ4n) is 3.82. The lowest BCUT2D eigenvalue weighted by Crippen LogP contribution is -2.42. The maximum Gasteiger partial charge on any atom is 0.336 e. The fraction of sp³-hybridized carbons (Fsp3) is 0.231. The molecule has 0 aliphatic heterocycles. The summed E-state index contributed by atoms with van der Waals surface area (Å²) >= 11 is 0. The van der Waals surface area contributed by atoms with Crippen LogP contribution in [-0.4, -0.2) is 27.0 Å². The first kappa shape index (κ1) is 23.7. The number of rotatable bonds is 8. The molecule has 2 amide bonds. The molecule has 4 rings (SSSR count). The van der Waals surface area contributed by atoms with Crippen LogP contribution in [0.5, 0.6) is 0 Å². The van der Waals surface area contributed by atoms with E-state index in [1.54, 1.807) is 66.9 Å². The number of fused-ring (bicyclic) bond motifs is 1. The van der Waals surface area contributed by atoms with Gasteiger partial charge in [0.1, 0.15) is 12.3 Å². The van der Waals surface area contributed by atoms with Gasteiger partial charge in [-0.3, -0.25) is 19.0 Å². The highest BCUT2D eigenvalue weighted by molar-refractivity contribution is 5.82. The van der Waals surface area contributed by atoms with E-state index in [2.05, 4.69) is 10.6 Å². The zero-order valence-electron chi connectivity index (χ0n) is 19.5. The average molecular weight is 475 g/mol. The highest BCUT2D eigenvalue weighted by Crippen LogP contribution is 2.12. The van der Waals surface area contributed by atoms with E-state index in [1.165, 1.54) is 4.57 Å². The van der Waals surface area contributed by atoms with Gasteiger partial charge < -0.3 is 15.1 Å². The van der Waals surface area contributed by atoms with Crippen LogP contribution in [0.2, 0.25) is 0 Å². The molecule has 0 bridgehead atoms. The number of hydrogen-bond acceptors (Lipinski definition) is 5. The summed E-state index contributed by atoms with van der Waals surface area (Å²) in [6.45, 7) is 3.74. The summed E-state index contributed by atoms with van der Waals surface area (Å²) in [5, 5.41) is 5.87. The summed E-state index contributed by atoms with van der Waals surface area (Å²) in [5.74, 6) is 0.145. The third-order valence-corrected chi connectivity index (χ3v) is 5.40. The summed E-state index contributed by atoms with van der Waals surface area (Å²) in [6, 6.07) is 16.8. The predicted molar refractivity (Wildman–Crippen MR) is 131 cm³/mol. The van der Waals surface area contributed by atoms with E-state index >= 15 is 0 Å². The SMILES string of the molecule is CC(C)NC(=O)Cn1c(=O)n(-c2ccc(CC(=O)NCc3ccco3)cc2)c(=O)c2ccccc21. The van der Waals surface area contributed by atoms with Crippen LogP contribution >= 0.6 is 0 Å². The van der Waals surface area contributed by atoms with Gasteiger partial charge in [0.25, 0.3) is 5.56 Å². The first-order valence-electron chi connectivity index (χ1n) is 11.3. The molecule has 0 saturated heterocycles. The second kappa shape index (κ2) is 10.3. The Morgan fingerprint density at radius 3 is 2.37 bits per heavy atom. The van der Waals surface area contributed by atoms with Crippen molar-refractivity contribution in [3.05, 3.63) is 99.1 Å². The Kier molecular flexibility index (Phi) is 6.96. The van der Waals surface area contributed by atoms with Gasteiger partial charge in [0.15, 0.2) is 0 Å². The van der Waals surface area contributed by atoms with Crippen molar-refractivity contribution in [2.24, 2.45) is 0 Å². The first-order valence-corrected chi connectivity index (χ1v) is 11.3. The van der Waals surface area contributed by atoms with E-state index in [9.17, 15) is 19.2 Å². The molecular formula is C26H26N4O5. The minimum atomic E-state index is -0.614. The number of aromatic nitrogens is 2. The van der Waals surface area contributed by atoms with Crippen LogP contribution in [0, 0.1) is 0 Å². The van der Waals surface area contributed by atoms with Crippen molar-refractivity contribution in [1.82, 2.24) is 19.8 Å². The predicted octanol–water partition coefficient (Wildman–Crippen LogP) is 2.13. The highest BCUT2D eigenvalue weighted by atomic mass is 16.3. The van der Waals surface area contributed by atoms with E-state index in [4.69, 9.17) is 4.42 Å². The summed E-state index contributed by atoms with van der Waals surface area (Å²) in [6.07, 6.45) is 1.67. The summed E-state index contributed by atoms with van der Waals surface area (Å²) < 4.78 is 7.54. The van der Waals surface area contributed by atoms with E-state index in [1.807, 2.05) is 13.8 Å². The van der Waals surface area contributed by atoms with Crippen LogP contribution in [0.3, 0.4) is 0 Å². The second-order valence-electron chi connectivity index (χ2n) is 8.45. The molecule has 0 saturated carbocycles. The maximum absolute atomic E-state index is 13.4. The lowest BCUT2D eigenvalue weighted by Gasteiger charge is -2.15. The Hall–Kier alpha value is -4.40. The molecule has 35 heavy (non-hydrogen) atoms. The molecule has 0 fully saturated rings. The average Bonchev–Trinajstić information content (AvgIpc) is 3.35. The fourth-order valence-corrected chi connectivity index (χ4v) is 3.82. The van der Waals surface area contributed by atoms with Crippen LogP contribution in [0.25, 0.3) is 16.6 Å². The van der Waals surface area contributed by atoms with Crippen LogP contribution in [0.15, 0.2) is 80.9 Å². The number of furan rings is 1. The Balaban J connectivity index is 1.62. The van der Waals surface area contributed by atoms with Crippen LogP contribution in [-0.2, 0) is 29.1 Å². The number of nitrogens with one attached hydrogen (secondary N) is 2. The number of benzene rings is 2. The van der Waals surface area contributed by atoms with Gasteiger partial charge in [-0.2, -0.15) is 0 Å². The van der Waals surface area contributed by atoms with Gasteiger partial charge in [-0.1, -0.05) is 24.3 Å². The maximum atomic E-state index is 13.4. The normalized spacial score (nSPS) is 11.1. The molecular weight excluding hydrogens is 448 g/mol. The minimum absolute atomic E-state index is 0.0841. The molecule has 0 atom stereocenters. The van der Waals surface area contributed by atoms with E-state index in [-0.39, 0.29) is 30.8 Å². The van der Waals surface area contributed by atoms with Gasteiger partial charge in [0.2, 0.25) is 11.8 Å². The molecule has 2 heterocycles. The number of hydrogen-bond donors (Lipinski definition) is 2. The largest absolute Gasteiger partial charge is 0.467 e. The molecule has 0 aliphatic carbocycles. The van der Waals surface area contributed by atoms with Gasteiger partial charge in [-0.15, -0.1) is 0 Å². The number of amides is 2. The molecule has 0 radical (unpaired) electrons. The van der Waals surface area contributed by atoms with Crippen molar-refractivity contribution in [3.8, 4) is 5.69 Å². The Morgan fingerprint density at radius 2 is 1.69 bits per heavy atom. The Labute approximate surface area is 201 Å². The molecule has 0 unspecified atom stereocenters. The third kappa shape index (κ3) is 5.40. The highest BCUT2D eigenvalue weighted by Gasteiger charge is 2.17. The number of para-hydroxylation sites is 1. The zero-order chi connectivity index (χ0) is 24.9. The zero-order valence-corrected chi connectivity index (χ0v) is 19.5. The lowest BCUT2D eigenvalue weighted by atomic mass is 10.1. The van der Waals surface area contributed by atoms with E-state index in [0.717, 1.165) is 10.1 Å². The quantitative estimate of drug-likeness (QED) is 0.406. The van der Waals surface area contributed by atoms with E-state index in [0.29, 0.717) is 28.9 Å². The van der Waals surface area contributed by atoms with Crippen molar-refractivity contribution >= 4 is 22.7 Å². The van der Waals surface area contributed by atoms with Gasteiger partial charge in [-0.05, 0) is 55.8 Å². The number of nitrogens with zero attached hydrogens (tertiary/aromatic N) is 2. The van der Waals surface area contributed by atoms with Crippen LogP contribution in [0.1, 0.15) is 25.2 Å². The van der Waals surface area contributed by atoms with Gasteiger partial charge in [0.05, 0.1) is 35.8 Å². The summed E-state index contributed by atoms with van der Waals surface area (Å²) in [5.41, 5.74) is 0.369. The third-order valence-electron chi connectivity index (χ3n) is 5.40. The van der Waals surface area contributed by atoms with Crippen LogP contribution < -0.4 is 21.9 Å². The number of carbonyl (C=O) groups is 2. The van der Waals surface area contributed by atoms with Gasteiger partial charge >= 0.3 is 5.69 Å². The molecule has 9 heteroatoms. The smallest absolute Gasteiger partial charge is 0.336 e. The van der Waals surface area contributed by atoms with Gasteiger partial charge in [-0.25, -0.2) is 9.36 Å². The Morgan fingerprint density at radius 1 is 0.943 bits per heavy atom. The molecule has 0 spiro atoms. The van der Waals surface area contributed by atoms with E-state index < -0.39 is 11.2 Å². The minimum Gasteiger partial charge on any atom is -0.467 e. The monoisotopic (exact) mass is 474 g/mol. The molecule has 4 aromatic rings. The molecule has 9 nitrogen and oxygen atoms in total. The summed E-state index contributed by atoms with van der Waals surface area (Å²) in [4.78, 5) is 51.2. The molecule has 2 aromatic heterocycles. The van der Waals surface area contributed by atoms with Crippen molar-refractivity contribution < 1.29 is 14.0 Å². The standard InChI is InChI=1S/C26H26N4O5/c1-17(2)28-24(32)16-29-22-8-4-3-7-21(22)25(33)30(26(29)34)19-11-9-18(10-12-19)14-23(31)27-15-20-6-5-13-35-20/h3-13,17H,14-16H2,1-2H3,(H,27,31)(H,28,32). The topological polar surface area (TPSA) is 115 Å². The van der Waals surface area contributed by atoms with Crippen molar-refractivity contribution in [1.29, 1.82) is 0 Å². The lowest BCUT2D eigenvalue weighted by molar-refractivity contribution is -0.122. The number of carbonyl (C=O) groups excluding carboxylic acids is 2. The van der Waals surface area contributed by atoms with Gasteiger partial charge in [0, 0.05) is 6.04 Å². The Bertz CT molecular complexity index is 1460. The summed E-state index contributed by atoms with van der Waals surface area (Å²) in [7, 11) is 0. The van der Waals surface area contributed by atoms with Crippen molar-refractivity contribution in [2.45, 2.75) is 39.4 Å².